The summed E-state index contributed by atoms with van der Waals surface area (Å²) in [6.07, 6.45) is 5.27. The van der Waals surface area contributed by atoms with Gasteiger partial charge in [0.25, 0.3) is 0 Å². The Morgan fingerprint density at radius 2 is 1.89 bits per heavy atom. The highest BCUT2D eigenvalue weighted by molar-refractivity contribution is 6.42. The summed E-state index contributed by atoms with van der Waals surface area (Å²) in [5, 5.41) is 14.6. The number of rotatable bonds is 3. The lowest BCUT2D eigenvalue weighted by Crippen LogP contribution is -2.38. The lowest BCUT2D eigenvalue weighted by molar-refractivity contribution is 0.119. The van der Waals surface area contributed by atoms with Crippen LogP contribution in [0.1, 0.15) is 37.7 Å². The second-order valence-electron chi connectivity index (χ2n) is 4.94. The van der Waals surface area contributed by atoms with Crippen LogP contribution in [0, 0.1) is 0 Å². The third-order valence-electron chi connectivity index (χ3n) is 3.53. The Balaban J connectivity index is 1.91. The van der Waals surface area contributed by atoms with Crippen LogP contribution in [0.25, 0.3) is 0 Å². The van der Waals surface area contributed by atoms with Gasteiger partial charge in [0.05, 0.1) is 16.1 Å². The van der Waals surface area contributed by atoms with Gasteiger partial charge in [-0.15, -0.1) is 0 Å². The van der Waals surface area contributed by atoms with E-state index in [1.165, 1.54) is 12.8 Å². The molecule has 2 atom stereocenters. The van der Waals surface area contributed by atoms with Gasteiger partial charge in [0.2, 0.25) is 0 Å². The average molecular weight is 288 g/mol. The van der Waals surface area contributed by atoms with E-state index in [1.807, 2.05) is 18.2 Å². The lowest BCUT2D eigenvalue weighted by atomic mass is 10.1. The van der Waals surface area contributed by atoms with Gasteiger partial charge in [0, 0.05) is 12.6 Å². The van der Waals surface area contributed by atoms with Crippen molar-refractivity contribution in [3.8, 4) is 0 Å². The molecule has 0 spiro atoms. The van der Waals surface area contributed by atoms with Gasteiger partial charge in [0.1, 0.15) is 0 Å². The summed E-state index contributed by atoms with van der Waals surface area (Å²) in [4.78, 5) is 0. The summed E-state index contributed by atoms with van der Waals surface area (Å²) in [6.45, 7) is 0.721. The topological polar surface area (TPSA) is 32.3 Å². The molecule has 0 aliphatic heterocycles. The number of hydrogen-bond donors (Lipinski definition) is 2. The predicted octanol–water partition coefficient (Wildman–Crippen LogP) is 3.78. The lowest BCUT2D eigenvalue weighted by Gasteiger charge is -2.22. The van der Waals surface area contributed by atoms with Gasteiger partial charge in [-0.3, -0.25) is 0 Å². The summed E-state index contributed by atoms with van der Waals surface area (Å²) < 4.78 is 0. The Kier molecular flexibility index (Phi) is 5.31. The zero-order valence-corrected chi connectivity index (χ0v) is 11.8. The molecule has 0 amide bonds. The van der Waals surface area contributed by atoms with E-state index in [0.29, 0.717) is 10.0 Å². The van der Waals surface area contributed by atoms with Gasteiger partial charge in [-0.1, -0.05) is 48.5 Å². The van der Waals surface area contributed by atoms with Crippen LogP contribution in [0.4, 0.5) is 0 Å². The van der Waals surface area contributed by atoms with Crippen LogP contribution in [0.3, 0.4) is 0 Å². The fourth-order valence-corrected chi connectivity index (χ4v) is 2.75. The molecule has 18 heavy (non-hydrogen) atoms. The van der Waals surface area contributed by atoms with Crippen molar-refractivity contribution < 1.29 is 5.11 Å². The molecule has 100 valence electrons. The number of hydrogen-bond acceptors (Lipinski definition) is 2. The van der Waals surface area contributed by atoms with Crippen molar-refractivity contribution in [2.75, 3.05) is 0 Å². The fraction of sp³-hybridized carbons (Fsp3) is 0.571. The van der Waals surface area contributed by atoms with Crippen molar-refractivity contribution in [2.45, 2.75) is 50.8 Å². The van der Waals surface area contributed by atoms with Crippen LogP contribution in [0.2, 0.25) is 10.0 Å². The Morgan fingerprint density at radius 3 is 2.67 bits per heavy atom. The standard InChI is InChI=1S/C14H19Cl2NO/c15-11-7-6-10(8-12(11)16)9-17-13-4-2-1-3-5-14(13)18/h6-8,13-14,17-18H,1-5,9H2. The van der Waals surface area contributed by atoms with Crippen LogP contribution < -0.4 is 5.32 Å². The number of benzene rings is 1. The van der Waals surface area contributed by atoms with E-state index in [2.05, 4.69) is 5.32 Å². The molecule has 0 aromatic heterocycles. The second kappa shape index (κ2) is 6.76. The van der Waals surface area contributed by atoms with E-state index >= 15 is 0 Å². The molecule has 1 aromatic rings. The second-order valence-corrected chi connectivity index (χ2v) is 5.76. The van der Waals surface area contributed by atoms with E-state index in [0.717, 1.165) is 31.4 Å². The summed E-state index contributed by atoms with van der Waals surface area (Å²) in [5.41, 5.74) is 1.10. The molecule has 0 heterocycles. The molecule has 0 saturated heterocycles. The quantitative estimate of drug-likeness (QED) is 0.830. The zero-order valence-electron chi connectivity index (χ0n) is 10.3. The molecule has 2 rings (SSSR count). The molecular formula is C14H19Cl2NO. The smallest absolute Gasteiger partial charge is 0.0693 e. The third kappa shape index (κ3) is 3.86. The predicted molar refractivity (Wildman–Crippen MR) is 76.2 cm³/mol. The SMILES string of the molecule is OC1CCCCCC1NCc1ccc(Cl)c(Cl)c1. The molecule has 4 heteroatoms. The summed E-state index contributed by atoms with van der Waals surface area (Å²) in [5.74, 6) is 0. The van der Waals surface area contributed by atoms with Crippen LogP contribution in [-0.4, -0.2) is 17.3 Å². The molecule has 1 saturated carbocycles. The normalized spacial score (nSPS) is 24.8. The van der Waals surface area contributed by atoms with Gasteiger partial charge in [-0.05, 0) is 30.5 Å². The molecule has 1 fully saturated rings. The minimum Gasteiger partial charge on any atom is -0.392 e. The maximum absolute atomic E-state index is 10.0. The first-order valence-corrected chi connectivity index (χ1v) is 7.28. The third-order valence-corrected chi connectivity index (χ3v) is 4.27. The highest BCUT2D eigenvalue weighted by atomic mass is 35.5. The monoisotopic (exact) mass is 287 g/mol. The first-order valence-electron chi connectivity index (χ1n) is 6.52. The van der Waals surface area contributed by atoms with E-state index in [1.54, 1.807) is 0 Å². The first kappa shape index (κ1) is 14.1. The molecule has 2 unspecified atom stereocenters. The zero-order chi connectivity index (χ0) is 13.0. The molecule has 1 aliphatic rings. The Bertz CT molecular complexity index is 397. The Labute approximate surface area is 118 Å². The number of aliphatic hydroxyl groups excluding tert-OH is 1. The average Bonchev–Trinajstić information content (AvgIpc) is 2.56. The molecule has 2 N–H and O–H groups in total. The molecule has 1 aromatic carbocycles. The minimum atomic E-state index is -0.227. The summed E-state index contributed by atoms with van der Waals surface area (Å²) in [6, 6.07) is 5.84. The van der Waals surface area contributed by atoms with Gasteiger partial charge in [-0.25, -0.2) is 0 Å². The van der Waals surface area contributed by atoms with E-state index in [-0.39, 0.29) is 12.1 Å². The van der Waals surface area contributed by atoms with Gasteiger partial charge >= 0.3 is 0 Å². The maximum atomic E-state index is 10.0. The maximum Gasteiger partial charge on any atom is 0.0693 e. The van der Waals surface area contributed by atoms with Crippen molar-refractivity contribution in [3.05, 3.63) is 33.8 Å². The summed E-state index contributed by atoms with van der Waals surface area (Å²) >= 11 is 11.9. The van der Waals surface area contributed by atoms with Crippen LogP contribution in [-0.2, 0) is 6.54 Å². The van der Waals surface area contributed by atoms with E-state index in [4.69, 9.17) is 23.2 Å². The number of aliphatic hydroxyl groups is 1. The van der Waals surface area contributed by atoms with Crippen molar-refractivity contribution >= 4 is 23.2 Å². The first-order chi connectivity index (χ1) is 8.66. The van der Waals surface area contributed by atoms with Crippen LogP contribution in [0.5, 0.6) is 0 Å². The molecule has 1 aliphatic carbocycles. The van der Waals surface area contributed by atoms with Crippen LogP contribution >= 0.6 is 23.2 Å². The number of halogens is 2. The Morgan fingerprint density at radius 1 is 1.11 bits per heavy atom. The van der Waals surface area contributed by atoms with Gasteiger partial charge < -0.3 is 10.4 Å². The highest BCUT2D eigenvalue weighted by Crippen LogP contribution is 2.23. The largest absolute Gasteiger partial charge is 0.392 e. The van der Waals surface area contributed by atoms with E-state index in [9.17, 15) is 5.11 Å². The van der Waals surface area contributed by atoms with Gasteiger partial charge in [-0.2, -0.15) is 0 Å². The van der Waals surface area contributed by atoms with Gasteiger partial charge in [0.15, 0.2) is 0 Å². The van der Waals surface area contributed by atoms with Crippen molar-refractivity contribution in [3.63, 3.8) is 0 Å². The number of nitrogens with one attached hydrogen (secondary N) is 1. The molecule has 2 nitrogen and oxygen atoms in total. The van der Waals surface area contributed by atoms with E-state index < -0.39 is 0 Å². The van der Waals surface area contributed by atoms with Crippen LogP contribution in [0.15, 0.2) is 18.2 Å². The fourth-order valence-electron chi connectivity index (χ4n) is 2.42. The molecular weight excluding hydrogens is 269 g/mol. The summed E-state index contributed by atoms with van der Waals surface area (Å²) in [7, 11) is 0. The highest BCUT2D eigenvalue weighted by Gasteiger charge is 2.20. The minimum absolute atomic E-state index is 0.196. The Hall–Kier alpha value is -0.280. The van der Waals surface area contributed by atoms with Crippen molar-refractivity contribution in [1.82, 2.24) is 5.32 Å². The van der Waals surface area contributed by atoms with Crippen molar-refractivity contribution in [1.29, 1.82) is 0 Å². The molecule has 0 radical (unpaired) electrons. The molecule has 0 bridgehead atoms. The van der Waals surface area contributed by atoms with Crippen molar-refractivity contribution in [2.24, 2.45) is 0 Å².